The molecule has 0 fully saturated rings. The average Bonchev–Trinajstić information content (AvgIpc) is 3.03. The van der Waals surface area contributed by atoms with Crippen molar-refractivity contribution in [3.8, 4) is 0 Å². The van der Waals surface area contributed by atoms with Gasteiger partial charge in [0.1, 0.15) is 0 Å². The molecule has 0 aliphatic rings. The first-order valence-electron chi connectivity index (χ1n) is 21.1. The van der Waals surface area contributed by atoms with Crippen LogP contribution in [0.3, 0.4) is 0 Å². The maximum atomic E-state index is 12.3. The van der Waals surface area contributed by atoms with Gasteiger partial charge < -0.3 is 10.4 Å². The lowest BCUT2D eigenvalue weighted by atomic mass is 10.0. The Labute approximate surface area is 284 Å². The molecule has 1 amide bonds. The fourth-order valence-corrected chi connectivity index (χ4v) is 6.76. The predicted octanol–water partition coefficient (Wildman–Crippen LogP) is 13.9. The first-order chi connectivity index (χ1) is 22.1. The Morgan fingerprint density at radius 3 is 0.956 bits per heavy atom. The molecule has 0 aliphatic heterocycles. The van der Waals surface area contributed by atoms with Crippen LogP contribution in [0, 0.1) is 0 Å². The number of aliphatic hydroxyl groups is 1. The summed E-state index contributed by atoms with van der Waals surface area (Å²) in [5, 5.41) is 13.5. The lowest BCUT2D eigenvalue weighted by molar-refractivity contribution is -0.122. The van der Waals surface area contributed by atoms with Crippen molar-refractivity contribution in [2.75, 3.05) is 0 Å². The van der Waals surface area contributed by atoms with Crippen LogP contribution in [-0.4, -0.2) is 23.2 Å². The molecule has 0 aliphatic carbocycles. The molecule has 2 atom stereocenters. The van der Waals surface area contributed by atoms with Gasteiger partial charge in [0.25, 0.3) is 0 Å². The van der Waals surface area contributed by atoms with Crippen LogP contribution in [-0.2, 0) is 4.79 Å². The molecule has 0 spiro atoms. The van der Waals surface area contributed by atoms with E-state index < -0.39 is 6.10 Å². The van der Waals surface area contributed by atoms with Crippen molar-refractivity contribution in [2.24, 2.45) is 0 Å². The van der Waals surface area contributed by atoms with Crippen molar-refractivity contribution >= 4 is 5.91 Å². The Hall–Kier alpha value is -0.570. The van der Waals surface area contributed by atoms with E-state index in [0.29, 0.717) is 6.42 Å². The van der Waals surface area contributed by atoms with E-state index in [0.717, 1.165) is 25.7 Å². The summed E-state index contributed by atoms with van der Waals surface area (Å²) < 4.78 is 0. The van der Waals surface area contributed by atoms with E-state index in [2.05, 4.69) is 19.2 Å². The van der Waals surface area contributed by atoms with Crippen LogP contribution in [0.2, 0.25) is 0 Å². The standard InChI is InChI=1S/C42H85NO2/c1-4-6-8-10-12-14-16-18-19-20-21-22-23-24-25-27-29-31-33-35-37-39-42(45)43-40(3)41(44)38-36-34-32-30-28-26-17-15-13-11-9-7-5-2/h40-41,44H,4-39H2,1-3H3,(H,43,45)/t40-,41+/m0/s1. The van der Waals surface area contributed by atoms with Gasteiger partial charge in [-0.3, -0.25) is 4.79 Å². The zero-order valence-electron chi connectivity index (χ0n) is 31.5. The first-order valence-corrected chi connectivity index (χ1v) is 21.1. The molecule has 3 heteroatoms. The predicted molar refractivity (Wildman–Crippen MR) is 201 cm³/mol. The number of hydrogen-bond acceptors (Lipinski definition) is 2. The maximum Gasteiger partial charge on any atom is 0.220 e. The van der Waals surface area contributed by atoms with E-state index in [1.54, 1.807) is 0 Å². The molecular weight excluding hydrogens is 550 g/mol. The van der Waals surface area contributed by atoms with E-state index in [1.807, 2.05) is 6.92 Å². The van der Waals surface area contributed by atoms with Gasteiger partial charge in [-0.05, 0) is 19.8 Å². The van der Waals surface area contributed by atoms with E-state index in [1.165, 1.54) is 199 Å². The monoisotopic (exact) mass is 636 g/mol. The van der Waals surface area contributed by atoms with Crippen molar-refractivity contribution < 1.29 is 9.90 Å². The molecule has 45 heavy (non-hydrogen) atoms. The molecule has 0 radical (unpaired) electrons. The zero-order chi connectivity index (χ0) is 32.9. The molecule has 0 unspecified atom stereocenters. The minimum Gasteiger partial charge on any atom is -0.391 e. The smallest absolute Gasteiger partial charge is 0.220 e. The summed E-state index contributed by atoms with van der Waals surface area (Å²) in [6.07, 6.45) is 47.5. The fraction of sp³-hybridized carbons (Fsp3) is 0.976. The highest BCUT2D eigenvalue weighted by atomic mass is 16.3. The summed E-state index contributed by atoms with van der Waals surface area (Å²) in [5.74, 6) is 0.115. The Bertz CT molecular complexity index is 565. The number of amides is 1. The highest BCUT2D eigenvalue weighted by Crippen LogP contribution is 2.16. The summed E-state index contributed by atoms with van der Waals surface area (Å²) >= 11 is 0. The third kappa shape index (κ3) is 36.1. The molecule has 0 saturated heterocycles. The van der Waals surface area contributed by atoms with Gasteiger partial charge in [-0.15, -0.1) is 0 Å². The largest absolute Gasteiger partial charge is 0.391 e. The van der Waals surface area contributed by atoms with Gasteiger partial charge >= 0.3 is 0 Å². The lowest BCUT2D eigenvalue weighted by Crippen LogP contribution is -2.41. The normalized spacial score (nSPS) is 12.9. The van der Waals surface area contributed by atoms with E-state index in [9.17, 15) is 9.90 Å². The molecular formula is C42H85NO2. The second-order valence-corrected chi connectivity index (χ2v) is 14.8. The van der Waals surface area contributed by atoms with Gasteiger partial charge in [0.05, 0.1) is 12.1 Å². The summed E-state index contributed by atoms with van der Waals surface area (Å²) in [7, 11) is 0. The Morgan fingerprint density at radius 2 is 0.667 bits per heavy atom. The summed E-state index contributed by atoms with van der Waals surface area (Å²) in [4.78, 5) is 12.3. The number of nitrogens with one attached hydrogen (secondary N) is 1. The van der Waals surface area contributed by atoms with Crippen LogP contribution in [0.25, 0.3) is 0 Å². The molecule has 270 valence electrons. The Balaban J connectivity index is 3.35. The van der Waals surface area contributed by atoms with Crippen molar-refractivity contribution in [1.29, 1.82) is 0 Å². The maximum absolute atomic E-state index is 12.3. The Morgan fingerprint density at radius 1 is 0.422 bits per heavy atom. The SMILES string of the molecule is CCCCCCCCCCCCCCCCCCCCCCCC(=O)N[C@@H](C)[C@H](O)CCCCCCCCCCCCCCC. The molecule has 0 aromatic carbocycles. The molecule has 0 heterocycles. The van der Waals surface area contributed by atoms with Crippen molar-refractivity contribution in [3.05, 3.63) is 0 Å². The quantitative estimate of drug-likeness (QED) is 0.0663. The summed E-state index contributed by atoms with van der Waals surface area (Å²) in [6, 6.07) is -0.135. The highest BCUT2D eigenvalue weighted by molar-refractivity contribution is 5.76. The van der Waals surface area contributed by atoms with Crippen LogP contribution >= 0.6 is 0 Å². The van der Waals surface area contributed by atoms with Crippen LogP contribution < -0.4 is 5.32 Å². The van der Waals surface area contributed by atoms with Crippen LogP contribution in [0.5, 0.6) is 0 Å². The molecule has 3 nitrogen and oxygen atoms in total. The summed E-state index contributed by atoms with van der Waals surface area (Å²) in [5.41, 5.74) is 0. The minimum atomic E-state index is -0.415. The molecule has 0 saturated carbocycles. The topological polar surface area (TPSA) is 49.3 Å². The second kappa shape index (κ2) is 37.9. The van der Waals surface area contributed by atoms with Crippen molar-refractivity contribution in [1.82, 2.24) is 5.32 Å². The van der Waals surface area contributed by atoms with Gasteiger partial charge in [-0.25, -0.2) is 0 Å². The molecule has 0 rings (SSSR count). The van der Waals surface area contributed by atoms with Gasteiger partial charge in [0.2, 0.25) is 5.91 Å². The van der Waals surface area contributed by atoms with E-state index >= 15 is 0 Å². The fourth-order valence-electron chi connectivity index (χ4n) is 6.76. The number of carbonyl (C=O) groups is 1. The second-order valence-electron chi connectivity index (χ2n) is 14.8. The lowest BCUT2D eigenvalue weighted by Gasteiger charge is -2.20. The van der Waals surface area contributed by atoms with E-state index in [-0.39, 0.29) is 11.9 Å². The van der Waals surface area contributed by atoms with Crippen LogP contribution in [0.1, 0.15) is 252 Å². The number of unbranched alkanes of at least 4 members (excludes halogenated alkanes) is 32. The minimum absolute atomic E-state index is 0.115. The molecule has 2 N–H and O–H groups in total. The van der Waals surface area contributed by atoms with Gasteiger partial charge in [0.15, 0.2) is 0 Å². The highest BCUT2D eigenvalue weighted by Gasteiger charge is 2.16. The molecule has 0 aromatic rings. The summed E-state index contributed by atoms with van der Waals surface area (Å²) in [6.45, 7) is 6.54. The Kier molecular flexibility index (Phi) is 37.4. The number of carbonyl (C=O) groups excluding carboxylic acids is 1. The van der Waals surface area contributed by atoms with Gasteiger partial charge in [0, 0.05) is 6.42 Å². The number of aliphatic hydroxyl groups excluding tert-OH is 1. The zero-order valence-corrected chi connectivity index (χ0v) is 31.5. The number of rotatable bonds is 38. The third-order valence-corrected chi connectivity index (χ3v) is 10.1. The average molecular weight is 636 g/mol. The van der Waals surface area contributed by atoms with Crippen molar-refractivity contribution in [2.45, 2.75) is 264 Å². The molecule has 0 aromatic heterocycles. The number of hydrogen-bond donors (Lipinski definition) is 2. The van der Waals surface area contributed by atoms with E-state index in [4.69, 9.17) is 0 Å². The van der Waals surface area contributed by atoms with Crippen LogP contribution in [0.4, 0.5) is 0 Å². The van der Waals surface area contributed by atoms with Gasteiger partial charge in [-0.1, -0.05) is 226 Å². The van der Waals surface area contributed by atoms with Gasteiger partial charge in [-0.2, -0.15) is 0 Å². The van der Waals surface area contributed by atoms with Crippen molar-refractivity contribution in [3.63, 3.8) is 0 Å². The molecule has 0 bridgehead atoms. The third-order valence-electron chi connectivity index (χ3n) is 10.1. The first kappa shape index (κ1) is 44.4. The van der Waals surface area contributed by atoms with Crippen LogP contribution in [0.15, 0.2) is 0 Å².